The molecule has 0 aromatic heterocycles. The van der Waals surface area contributed by atoms with Crippen LogP contribution in [0.5, 0.6) is 0 Å². The molecule has 23 heavy (non-hydrogen) atoms. The number of hydrogen-bond acceptors (Lipinski definition) is 3. The van der Waals surface area contributed by atoms with Crippen molar-refractivity contribution in [1.82, 2.24) is 4.72 Å². The molecule has 1 unspecified atom stereocenters. The van der Waals surface area contributed by atoms with Gasteiger partial charge in [0.05, 0.1) is 4.90 Å². The molecule has 0 fully saturated rings. The van der Waals surface area contributed by atoms with Gasteiger partial charge in [-0.05, 0) is 37.3 Å². The second-order valence-corrected chi connectivity index (χ2v) is 6.96. The maximum atomic E-state index is 14.0. The second kappa shape index (κ2) is 6.74. The Bertz CT molecular complexity index is 778. The maximum Gasteiger partial charge on any atom is 0.240 e. The van der Waals surface area contributed by atoms with E-state index in [9.17, 15) is 17.2 Å². The van der Waals surface area contributed by atoms with Crippen LogP contribution in [0, 0.1) is 11.6 Å². The highest BCUT2D eigenvalue weighted by atomic mass is 32.2. The monoisotopic (exact) mass is 341 g/mol. The largest absolute Gasteiger partial charge is 0.372 e. The first-order valence-corrected chi connectivity index (χ1v) is 8.32. The van der Waals surface area contributed by atoms with E-state index in [1.54, 1.807) is 13.0 Å². The third-order valence-electron chi connectivity index (χ3n) is 3.62. The van der Waals surface area contributed by atoms with Gasteiger partial charge >= 0.3 is 0 Å². The summed E-state index contributed by atoms with van der Waals surface area (Å²) in [4.78, 5) is -0.0779. The Kier molecular flexibility index (Phi) is 5.13. The number of ether oxygens (including phenoxy) is 1. The first-order chi connectivity index (χ1) is 10.8. The zero-order chi connectivity index (χ0) is 17.1. The minimum absolute atomic E-state index is 0.0779. The number of rotatable bonds is 6. The average molecular weight is 341 g/mol. The normalized spacial score (nSPS) is 14.4. The van der Waals surface area contributed by atoms with Crippen molar-refractivity contribution in [1.29, 1.82) is 0 Å². The van der Waals surface area contributed by atoms with Gasteiger partial charge in [-0.25, -0.2) is 21.9 Å². The van der Waals surface area contributed by atoms with E-state index >= 15 is 0 Å². The third-order valence-corrected chi connectivity index (χ3v) is 5.03. The van der Waals surface area contributed by atoms with Crippen LogP contribution in [0.4, 0.5) is 8.78 Å². The van der Waals surface area contributed by atoms with Crippen LogP contribution in [0.3, 0.4) is 0 Å². The highest BCUT2D eigenvalue weighted by Gasteiger charge is 2.31. The van der Waals surface area contributed by atoms with E-state index < -0.39 is 27.3 Å². The van der Waals surface area contributed by atoms with E-state index in [1.807, 2.05) is 0 Å². The molecule has 2 rings (SSSR count). The van der Waals surface area contributed by atoms with Gasteiger partial charge in [-0.2, -0.15) is 0 Å². The fourth-order valence-electron chi connectivity index (χ4n) is 2.10. The SMILES string of the molecule is COC(C)(CNS(=O)(=O)c1ccc(F)cc1)c1ccccc1F. The van der Waals surface area contributed by atoms with E-state index in [2.05, 4.69) is 4.72 Å². The van der Waals surface area contributed by atoms with Crippen molar-refractivity contribution in [3.05, 3.63) is 65.7 Å². The fraction of sp³-hybridized carbons (Fsp3) is 0.250. The molecule has 0 heterocycles. The Morgan fingerprint density at radius 3 is 2.26 bits per heavy atom. The van der Waals surface area contributed by atoms with Crippen LogP contribution in [-0.2, 0) is 20.4 Å². The van der Waals surface area contributed by atoms with Gasteiger partial charge in [0.2, 0.25) is 10.0 Å². The van der Waals surface area contributed by atoms with E-state index in [0.717, 1.165) is 24.3 Å². The highest BCUT2D eigenvalue weighted by molar-refractivity contribution is 7.89. The van der Waals surface area contributed by atoms with Crippen molar-refractivity contribution in [2.24, 2.45) is 0 Å². The van der Waals surface area contributed by atoms with Crippen LogP contribution in [0.2, 0.25) is 0 Å². The molecule has 0 aliphatic carbocycles. The molecule has 0 spiro atoms. The number of sulfonamides is 1. The van der Waals surface area contributed by atoms with Gasteiger partial charge in [0.1, 0.15) is 17.2 Å². The van der Waals surface area contributed by atoms with Crippen molar-refractivity contribution in [2.75, 3.05) is 13.7 Å². The second-order valence-electron chi connectivity index (χ2n) is 5.19. The van der Waals surface area contributed by atoms with Gasteiger partial charge in [0, 0.05) is 19.2 Å². The molecule has 0 saturated heterocycles. The Morgan fingerprint density at radius 2 is 1.70 bits per heavy atom. The van der Waals surface area contributed by atoms with E-state index in [4.69, 9.17) is 4.74 Å². The molecule has 0 bridgehead atoms. The smallest absolute Gasteiger partial charge is 0.240 e. The van der Waals surface area contributed by atoms with Gasteiger partial charge in [0.15, 0.2) is 0 Å². The number of methoxy groups -OCH3 is 1. The molecule has 7 heteroatoms. The lowest BCUT2D eigenvalue weighted by Crippen LogP contribution is -2.40. The molecule has 1 N–H and O–H groups in total. The number of benzene rings is 2. The van der Waals surface area contributed by atoms with Gasteiger partial charge in [-0.3, -0.25) is 0 Å². The summed E-state index contributed by atoms with van der Waals surface area (Å²) in [6.45, 7) is 1.41. The summed E-state index contributed by atoms with van der Waals surface area (Å²) in [5.74, 6) is -1.02. The zero-order valence-electron chi connectivity index (χ0n) is 12.7. The molecular weight excluding hydrogens is 324 g/mol. The van der Waals surface area contributed by atoms with Gasteiger partial charge in [-0.1, -0.05) is 18.2 Å². The summed E-state index contributed by atoms with van der Waals surface area (Å²) in [7, 11) is -2.49. The molecule has 2 aromatic rings. The Labute approximate surface area is 134 Å². The molecule has 0 aliphatic heterocycles. The van der Waals surface area contributed by atoms with Crippen molar-refractivity contribution in [3.8, 4) is 0 Å². The van der Waals surface area contributed by atoms with Crippen LogP contribution in [0.1, 0.15) is 12.5 Å². The topological polar surface area (TPSA) is 55.4 Å². The van der Waals surface area contributed by atoms with Crippen molar-refractivity contribution >= 4 is 10.0 Å². The molecule has 0 radical (unpaired) electrons. The summed E-state index contributed by atoms with van der Waals surface area (Å²) in [5, 5.41) is 0. The molecule has 2 aromatic carbocycles. The lowest BCUT2D eigenvalue weighted by Gasteiger charge is -2.29. The molecular formula is C16H17F2NO3S. The van der Waals surface area contributed by atoms with Gasteiger partial charge in [-0.15, -0.1) is 0 Å². The summed E-state index contributed by atoms with van der Waals surface area (Å²) >= 11 is 0. The fourth-order valence-corrected chi connectivity index (χ4v) is 3.22. The van der Waals surface area contributed by atoms with Crippen LogP contribution >= 0.6 is 0 Å². The molecule has 0 aliphatic rings. The lowest BCUT2D eigenvalue weighted by atomic mass is 9.95. The van der Waals surface area contributed by atoms with Crippen molar-refractivity contribution < 1.29 is 21.9 Å². The summed E-state index contributed by atoms with van der Waals surface area (Å²) in [5.41, 5.74) is -0.942. The molecule has 4 nitrogen and oxygen atoms in total. The standard InChI is InChI=1S/C16H17F2NO3S/c1-16(22-2,14-5-3-4-6-15(14)18)11-19-23(20,21)13-9-7-12(17)8-10-13/h3-10,19H,11H2,1-2H3. The minimum atomic E-state index is -3.86. The Morgan fingerprint density at radius 1 is 1.09 bits per heavy atom. The number of halogens is 2. The zero-order valence-corrected chi connectivity index (χ0v) is 13.5. The van der Waals surface area contributed by atoms with Crippen molar-refractivity contribution in [2.45, 2.75) is 17.4 Å². The van der Waals surface area contributed by atoms with Crippen LogP contribution in [0.25, 0.3) is 0 Å². The molecule has 0 amide bonds. The lowest BCUT2D eigenvalue weighted by molar-refractivity contribution is 0.00410. The predicted molar refractivity (Wildman–Crippen MR) is 82.3 cm³/mol. The van der Waals surface area contributed by atoms with Crippen molar-refractivity contribution in [3.63, 3.8) is 0 Å². The summed E-state index contributed by atoms with van der Waals surface area (Å²) < 4.78 is 59.0. The van der Waals surface area contributed by atoms with Crippen LogP contribution in [0.15, 0.2) is 53.4 Å². The Balaban J connectivity index is 2.23. The summed E-state index contributed by atoms with van der Waals surface area (Å²) in [6, 6.07) is 10.4. The molecule has 1 atom stereocenters. The minimum Gasteiger partial charge on any atom is -0.372 e. The maximum absolute atomic E-state index is 14.0. The first kappa shape index (κ1) is 17.5. The predicted octanol–water partition coefficient (Wildman–Crippen LogP) is 2.80. The van der Waals surface area contributed by atoms with E-state index in [1.165, 1.54) is 25.3 Å². The van der Waals surface area contributed by atoms with E-state index in [0.29, 0.717) is 0 Å². The number of nitrogens with one attached hydrogen (secondary N) is 1. The Hall–Kier alpha value is -1.83. The average Bonchev–Trinajstić information content (AvgIpc) is 2.53. The molecule has 124 valence electrons. The highest BCUT2D eigenvalue weighted by Crippen LogP contribution is 2.27. The van der Waals surface area contributed by atoms with E-state index in [-0.39, 0.29) is 17.0 Å². The van der Waals surface area contributed by atoms with Gasteiger partial charge < -0.3 is 4.74 Å². The first-order valence-electron chi connectivity index (χ1n) is 6.84. The van der Waals surface area contributed by atoms with Crippen LogP contribution in [-0.4, -0.2) is 22.1 Å². The number of hydrogen-bond donors (Lipinski definition) is 1. The van der Waals surface area contributed by atoms with Crippen LogP contribution < -0.4 is 4.72 Å². The summed E-state index contributed by atoms with van der Waals surface area (Å²) in [6.07, 6.45) is 0. The van der Waals surface area contributed by atoms with Gasteiger partial charge in [0.25, 0.3) is 0 Å². The third kappa shape index (κ3) is 3.93. The quantitative estimate of drug-likeness (QED) is 0.879. The molecule has 0 saturated carbocycles.